The van der Waals surface area contributed by atoms with Gasteiger partial charge in [0.25, 0.3) is 0 Å². The molecule has 0 aliphatic heterocycles. The highest BCUT2D eigenvalue weighted by molar-refractivity contribution is 5.89. The Labute approximate surface area is 103 Å². The molecule has 0 saturated carbocycles. The van der Waals surface area contributed by atoms with Gasteiger partial charge in [0.2, 0.25) is 0 Å². The van der Waals surface area contributed by atoms with Crippen molar-refractivity contribution in [2.24, 2.45) is 0 Å². The van der Waals surface area contributed by atoms with Gasteiger partial charge in [0.05, 0.1) is 7.11 Å². The van der Waals surface area contributed by atoms with Gasteiger partial charge in [-0.1, -0.05) is 30.3 Å². The fourth-order valence-electron chi connectivity index (χ4n) is 1.45. The number of hydrogen-bond donors (Lipinski definition) is 0. The maximum atomic E-state index is 11.4. The molecule has 0 fully saturated rings. The molecule has 2 rings (SSSR count). The molecule has 90 valence electrons. The maximum absolute atomic E-state index is 11.4. The summed E-state index contributed by atoms with van der Waals surface area (Å²) in [4.78, 5) is 30.4. The highest BCUT2D eigenvalue weighted by Crippen LogP contribution is 2.15. The van der Waals surface area contributed by atoms with Gasteiger partial charge in [-0.3, -0.25) is 4.79 Å². The summed E-state index contributed by atoms with van der Waals surface area (Å²) in [5, 5.41) is 0. The van der Waals surface area contributed by atoms with E-state index in [-0.39, 0.29) is 11.4 Å². The summed E-state index contributed by atoms with van der Waals surface area (Å²) in [5.41, 5.74) is 0.934. The van der Waals surface area contributed by atoms with Gasteiger partial charge in [0, 0.05) is 11.6 Å². The number of carbonyl (C=O) groups excluding carboxylic acids is 2. The van der Waals surface area contributed by atoms with E-state index >= 15 is 0 Å². The van der Waals surface area contributed by atoms with Gasteiger partial charge in [-0.2, -0.15) is 0 Å². The van der Waals surface area contributed by atoms with E-state index in [4.69, 9.17) is 0 Å². The highest BCUT2D eigenvalue weighted by atomic mass is 16.5. The normalized spacial score (nSPS) is 9.83. The van der Waals surface area contributed by atoms with Crippen LogP contribution in [0.25, 0.3) is 11.4 Å². The molecular weight excluding hydrogens is 232 g/mol. The minimum Gasteiger partial charge on any atom is -0.464 e. The number of carbonyl (C=O) groups is 2. The van der Waals surface area contributed by atoms with Crippen molar-refractivity contribution in [3.8, 4) is 11.4 Å². The molecule has 0 spiro atoms. The van der Waals surface area contributed by atoms with E-state index in [1.165, 1.54) is 13.2 Å². The lowest BCUT2D eigenvalue weighted by atomic mass is 10.2. The van der Waals surface area contributed by atoms with E-state index < -0.39 is 5.97 Å². The Morgan fingerprint density at radius 1 is 1.22 bits per heavy atom. The van der Waals surface area contributed by atoms with E-state index in [0.29, 0.717) is 12.1 Å². The molecule has 0 atom stereocenters. The summed E-state index contributed by atoms with van der Waals surface area (Å²) in [5.74, 6) is -0.279. The topological polar surface area (TPSA) is 69.2 Å². The molecular formula is C13H10N2O3. The first-order valence-electron chi connectivity index (χ1n) is 5.22. The minimum absolute atomic E-state index is 0.0634. The number of esters is 1. The zero-order valence-electron chi connectivity index (χ0n) is 9.66. The number of aldehydes is 1. The van der Waals surface area contributed by atoms with Crippen LogP contribution in [0, 0.1) is 0 Å². The maximum Gasteiger partial charge on any atom is 0.356 e. The lowest BCUT2D eigenvalue weighted by Gasteiger charge is -2.04. The fraction of sp³-hybridized carbons (Fsp3) is 0.0769. The van der Waals surface area contributed by atoms with Crippen molar-refractivity contribution >= 4 is 12.3 Å². The molecule has 1 heterocycles. The summed E-state index contributed by atoms with van der Waals surface area (Å²) in [7, 11) is 1.26. The Balaban J connectivity index is 2.54. The van der Waals surface area contributed by atoms with Crippen molar-refractivity contribution < 1.29 is 14.3 Å². The van der Waals surface area contributed by atoms with Gasteiger partial charge in [0.1, 0.15) is 5.69 Å². The molecule has 18 heavy (non-hydrogen) atoms. The van der Waals surface area contributed by atoms with E-state index in [9.17, 15) is 9.59 Å². The van der Waals surface area contributed by atoms with Gasteiger partial charge < -0.3 is 4.74 Å². The molecule has 0 unspecified atom stereocenters. The lowest BCUT2D eigenvalue weighted by molar-refractivity contribution is 0.0594. The molecule has 0 amide bonds. The number of methoxy groups -OCH3 is 1. The first kappa shape index (κ1) is 11.9. The van der Waals surface area contributed by atoms with Crippen molar-refractivity contribution in [2.45, 2.75) is 0 Å². The van der Waals surface area contributed by atoms with E-state index in [1.807, 2.05) is 18.2 Å². The van der Waals surface area contributed by atoms with Crippen molar-refractivity contribution in [2.75, 3.05) is 7.11 Å². The molecule has 0 aliphatic rings. The van der Waals surface area contributed by atoms with Crippen LogP contribution < -0.4 is 0 Å². The van der Waals surface area contributed by atoms with Crippen LogP contribution in [0.4, 0.5) is 0 Å². The Morgan fingerprint density at radius 3 is 2.56 bits per heavy atom. The van der Waals surface area contributed by atoms with Crippen molar-refractivity contribution in [3.63, 3.8) is 0 Å². The molecule has 5 nitrogen and oxygen atoms in total. The van der Waals surface area contributed by atoms with Crippen LogP contribution in [-0.2, 0) is 4.74 Å². The summed E-state index contributed by atoms with van der Waals surface area (Å²) in [6.07, 6.45) is 0.570. The zero-order valence-corrected chi connectivity index (χ0v) is 9.66. The third-order valence-corrected chi connectivity index (χ3v) is 2.29. The van der Waals surface area contributed by atoms with Crippen LogP contribution in [0.1, 0.15) is 21.0 Å². The average Bonchev–Trinajstić information content (AvgIpc) is 2.46. The van der Waals surface area contributed by atoms with Crippen LogP contribution in [0.15, 0.2) is 36.4 Å². The molecule has 0 bridgehead atoms. The molecule has 0 radical (unpaired) electrons. The minimum atomic E-state index is -0.599. The molecule has 1 aromatic carbocycles. The van der Waals surface area contributed by atoms with Gasteiger partial charge >= 0.3 is 5.97 Å². The van der Waals surface area contributed by atoms with E-state index in [1.54, 1.807) is 12.1 Å². The predicted octanol–water partition coefficient (Wildman–Crippen LogP) is 1.74. The summed E-state index contributed by atoms with van der Waals surface area (Å²) < 4.78 is 4.58. The molecule has 0 N–H and O–H groups in total. The third-order valence-electron chi connectivity index (χ3n) is 2.29. The number of benzene rings is 1. The van der Waals surface area contributed by atoms with Gasteiger partial charge in [0.15, 0.2) is 17.8 Å². The van der Waals surface area contributed by atoms with Crippen LogP contribution in [0.2, 0.25) is 0 Å². The molecule has 0 saturated heterocycles. The van der Waals surface area contributed by atoms with Crippen molar-refractivity contribution in [1.82, 2.24) is 9.97 Å². The summed E-state index contributed by atoms with van der Waals surface area (Å²) in [6, 6.07) is 10.4. The smallest absolute Gasteiger partial charge is 0.356 e. The number of rotatable bonds is 3. The summed E-state index contributed by atoms with van der Waals surface area (Å²) in [6.45, 7) is 0. The van der Waals surface area contributed by atoms with Crippen LogP contribution in [0.5, 0.6) is 0 Å². The average molecular weight is 242 g/mol. The highest BCUT2D eigenvalue weighted by Gasteiger charge is 2.12. The van der Waals surface area contributed by atoms with Crippen molar-refractivity contribution in [3.05, 3.63) is 47.8 Å². The SMILES string of the molecule is COC(=O)c1cc(C=O)nc(-c2ccccc2)n1. The first-order valence-corrected chi connectivity index (χ1v) is 5.22. The lowest BCUT2D eigenvalue weighted by Crippen LogP contribution is -2.08. The quantitative estimate of drug-likeness (QED) is 0.605. The van der Waals surface area contributed by atoms with Gasteiger partial charge in [-0.25, -0.2) is 14.8 Å². The Morgan fingerprint density at radius 2 is 1.94 bits per heavy atom. The molecule has 5 heteroatoms. The monoisotopic (exact) mass is 242 g/mol. The zero-order chi connectivity index (χ0) is 13.0. The van der Waals surface area contributed by atoms with Crippen LogP contribution in [-0.4, -0.2) is 29.3 Å². The Kier molecular flexibility index (Phi) is 3.43. The van der Waals surface area contributed by atoms with Crippen LogP contribution in [0.3, 0.4) is 0 Å². The van der Waals surface area contributed by atoms with E-state index in [2.05, 4.69) is 14.7 Å². The Bertz CT molecular complexity index is 582. The van der Waals surface area contributed by atoms with Crippen LogP contribution >= 0.6 is 0 Å². The van der Waals surface area contributed by atoms with Gasteiger partial charge in [-0.15, -0.1) is 0 Å². The first-order chi connectivity index (χ1) is 8.74. The number of hydrogen-bond acceptors (Lipinski definition) is 5. The molecule has 2 aromatic rings. The number of aromatic nitrogens is 2. The second-order valence-electron chi connectivity index (χ2n) is 3.48. The number of ether oxygens (including phenoxy) is 1. The van der Waals surface area contributed by atoms with Crippen molar-refractivity contribution in [1.29, 1.82) is 0 Å². The predicted molar refractivity (Wildman–Crippen MR) is 64.2 cm³/mol. The molecule has 1 aromatic heterocycles. The van der Waals surface area contributed by atoms with E-state index in [0.717, 1.165) is 5.56 Å². The second-order valence-corrected chi connectivity index (χ2v) is 3.48. The summed E-state index contributed by atoms with van der Waals surface area (Å²) >= 11 is 0. The molecule has 0 aliphatic carbocycles. The second kappa shape index (κ2) is 5.18. The number of nitrogens with zero attached hydrogens (tertiary/aromatic N) is 2. The third kappa shape index (κ3) is 2.40. The standard InChI is InChI=1S/C13H10N2O3/c1-18-13(17)11-7-10(8-16)14-12(15-11)9-5-3-2-4-6-9/h2-8H,1H3. The Hall–Kier alpha value is -2.56. The fourth-order valence-corrected chi connectivity index (χ4v) is 1.45. The largest absolute Gasteiger partial charge is 0.464 e. The van der Waals surface area contributed by atoms with Gasteiger partial charge in [-0.05, 0) is 0 Å².